The summed E-state index contributed by atoms with van der Waals surface area (Å²) < 4.78 is 5.25. The number of ether oxygens (including phenoxy) is 1. The summed E-state index contributed by atoms with van der Waals surface area (Å²) in [5.41, 5.74) is 0.957. The zero-order valence-corrected chi connectivity index (χ0v) is 11.5. The van der Waals surface area contributed by atoms with Crippen LogP contribution in [0.5, 0.6) is 0 Å². The molecule has 1 aromatic heterocycles. The summed E-state index contributed by atoms with van der Waals surface area (Å²) >= 11 is 0. The minimum Gasteiger partial charge on any atom is -0.382 e. The average molecular weight is 263 g/mol. The highest BCUT2D eigenvalue weighted by Gasteiger charge is 2.21. The van der Waals surface area contributed by atoms with Crippen molar-refractivity contribution in [1.29, 1.82) is 0 Å². The molecule has 0 spiro atoms. The lowest BCUT2D eigenvalue weighted by Crippen LogP contribution is -2.28. The van der Waals surface area contributed by atoms with Gasteiger partial charge in [0.1, 0.15) is 5.82 Å². The van der Waals surface area contributed by atoms with Gasteiger partial charge < -0.3 is 15.4 Å². The van der Waals surface area contributed by atoms with Gasteiger partial charge in [0.25, 0.3) is 0 Å². The first-order valence-electron chi connectivity index (χ1n) is 6.76. The Labute approximate surface area is 113 Å². The fourth-order valence-electron chi connectivity index (χ4n) is 2.07. The number of hydrogen-bond acceptors (Lipinski definition) is 4. The first-order valence-corrected chi connectivity index (χ1v) is 6.76. The number of carbonyl (C=O) groups is 1. The Morgan fingerprint density at radius 3 is 2.68 bits per heavy atom. The quantitative estimate of drug-likeness (QED) is 0.874. The molecule has 2 heterocycles. The number of aromatic nitrogens is 1. The second-order valence-electron chi connectivity index (χ2n) is 5.11. The largest absolute Gasteiger partial charge is 0.382 e. The number of hydrogen-bond donors (Lipinski definition) is 2. The monoisotopic (exact) mass is 263 g/mol. The molecule has 1 fully saturated rings. The molecular formula is C14H21N3O2. The number of amides is 1. The van der Waals surface area contributed by atoms with E-state index in [1.807, 2.05) is 12.1 Å². The van der Waals surface area contributed by atoms with Crippen LogP contribution in [0, 0.1) is 5.92 Å². The SMILES string of the molecule is CC(C)Nc1ccc(NC(=O)C2CCOCC2)nc1. The molecule has 1 saturated heterocycles. The Hall–Kier alpha value is -1.62. The molecule has 1 aliphatic heterocycles. The van der Waals surface area contributed by atoms with Gasteiger partial charge in [-0.05, 0) is 38.8 Å². The van der Waals surface area contributed by atoms with E-state index >= 15 is 0 Å². The highest BCUT2D eigenvalue weighted by molar-refractivity contribution is 5.91. The van der Waals surface area contributed by atoms with Crippen LogP contribution in [-0.4, -0.2) is 30.1 Å². The first kappa shape index (κ1) is 13.8. The van der Waals surface area contributed by atoms with E-state index in [0.29, 0.717) is 25.1 Å². The first-order chi connectivity index (χ1) is 9.15. The molecule has 19 heavy (non-hydrogen) atoms. The van der Waals surface area contributed by atoms with Crippen LogP contribution in [0.3, 0.4) is 0 Å². The standard InChI is InChI=1S/C14H21N3O2/c1-10(2)16-12-3-4-13(15-9-12)17-14(18)11-5-7-19-8-6-11/h3-4,9-11,16H,5-8H2,1-2H3,(H,15,17,18). The van der Waals surface area contributed by atoms with E-state index in [-0.39, 0.29) is 11.8 Å². The van der Waals surface area contributed by atoms with E-state index in [0.717, 1.165) is 18.5 Å². The molecule has 2 rings (SSSR count). The molecule has 1 amide bonds. The molecule has 5 nitrogen and oxygen atoms in total. The molecule has 1 aromatic rings. The number of nitrogens with zero attached hydrogens (tertiary/aromatic N) is 1. The highest BCUT2D eigenvalue weighted by atomic mass is 16.5. The maximum absolute atomic E-state index is 12.0. The molecule has 2 N–H and O–H groups in total. The smallest absolute Gasteiger partial charge is 0.228 e. The van der Waals surface area contributed by atoms with E-state index in [1.54, 1.807) is 6.20 Å². The lowest BCUT2D eigenvalue weighted by Gasteiger charge is -2.21. The predicted molar refractivity (Wildman–Crippen MR) is 75.2 cm³/mol. The maximum atomic E-state index is 12.0. The molecule has 5 heteroatoms. The number of anilines is 2. The van der Waals surface area contributed by atoms with Crippen LogP contribution in [0.4, 0.5) is 11.5 Å². The van der Waals surface area contributed by atoms with Gasteiger partial charge in [0, 0.05) is 25.2 Å². The Kier molecular flexibility index (Phi) is 4.74. The summed E-state index contributed by atoms with van der Waals surface area (Å²) in [6.45, 7) is 5.48. The fourth-order valence-corrected chi connectivity index (χ4v) is 2.07. The molecule has 0 bridgehead atoms. The van der Waals surface area contributed by atoms with Crippen molar-refractivity contribution in [3.8, 4) is 0 Å². The lowest BCUT2D eigenvalue weighted by atomic mass is 9.99. The molecule has 0 aliphatic carbocycles. The van der Waals surface area contributed by atoms with Crippen molar-refractivity contribution in [1.82, 2.24) is 4.98 Å². The summed E-state index contributed by atoms with van der Waals surface area (Å²) in [6.07, 6.45) is 3.32. The summed E-state index contributed by atoms with van der Waals surface area (Å²) in [4.78, 5) is 16.2. The number of carbonyl (C=O) groups excluding carboxylic acids is 1. The molecule has 0 saturated carbocycles. The lowest BCUT2D eigenvalue weighted by molar-refractivity contribution is -0.122. The molecule has 0 radical (unpaired) electrons. The van der Waals surface area contributed by atoms with Gasteiger partial charge in [-0.15, -0.1) is 0 Å². The second kappa shape index (κ2) is 6.52. The molecule has 0 atom stereocenters. The van der Waals surface area contributed by atoms with Gasteiger partial charge >= 0.3 is 0 Å². The van der Waals surface area contributed by atoms with Gasteiger partial charge in [0.05, 0.1) is 11.9 Å². The van der Waals surface area contributed by atoms with Crippen LogP contribution in [0.2, 0.25) is 0 Å². The second-order valence-corrected chi connectivity index (χ2v) is 5.11. The normalized spacial score (nSPS) is 16.4. The summed E-state index contributed by atoms with van der Waals surface area (Å²) in [7, 11) is 0. The molecule has 1 aliphatic rings. The van der Waals surface area contributed by atoms with Crippen LogP contribution < -0.4 is 10.6 Å². The van der Waals surface area contributed by atoms with Crippen molar-refractivity contribution in [2.75, 3.05) is 23.8 Å². The highest BCUT2D eigenvalue weighted by Crippen LogP contribution is 2.17. The van der Waals surface area contributed by atoms with Crippen molar-refractivity contribution < 1.29 is 9.53 Å². The van der Waals surface area contributed by atoms with Gasteiger partial charge in [-0.25, -0.2) is 4.98 Å². The van der Waals surface area contributed by atoms with Crippen LogP contribution in [0.1, 0.15) is 26.7 Å². The van der Waals surface area contributed by atoms with Crippen molar-refractivity contribution in [3.05, 3.63) is 18.3 Å². The van der Waals surface area contributed by atoms with E-state index in [9.17, 15) is 4.79 Å². The zero-order chi connectivity index (χ0) is 13.7. The van der Waals surface area contributed by atoms with E-state index in [2.05, 4.69) is 29.5 Å². The maximum Gasteiger partial charge on any atom is 0.228 e. The van der Waals surface area contributed by atoms with Crippen molar-refractivity contribution >= 4 is 17.4 Å². The van der Waals surface area contributed by atoms with E-state index in [1.165, 1.54) is 0 Å². The van der Waals surface area contributed by atoms with Crippen LogP contribution in [-0.2, 0) is 9.53 Å². The molecular weight excluding hydrogens is 242 g/mol. The molecule has 0 unspecified atom stereocenters. The summed E-state index contributed by atoms with van der Waals surface area (Å²) in [6, 6.07) is 4.11. The van der Waals surface area contributed by atoms with E-state index in [4.69, 9.17) is 4.74 Å². The van der Waals surface area contributed by atoms with Gasteiger partial charge in [0.2, 0.25) is 5.91 Å². The number of nitrogens with one attached hydrogen (secondary N) is 2. The van der Waals surface area contributed by atoms with Crippen LogP contribution in [0.15, 0.2) is 18.3 Å². The summed E-state index contributed by atoms with van der Waals surface area (Å²) in [5.74, 6) is 0.690. The van der Waals surface area contributed by atoms with Gasteiger partial charge in [-0.3, -0.25) is 4.79 Å². The van der Waals surface area contributed by atoms with Crippen LogP contribution >= 0.6 is 0 Å². The third-order valence-electron chi connectivity index (χ3n) is 3.06. The minimum atomic E-state index is 0.0420. The van der Waals surface area contributed by atoms with Crippen molar-refractivity contribution in [2.45, 2.75) is 32.7 Å². The Morgan fingerprint density at radius 1 is 1.37 bits per heavy atom. The number of pyridine rings is 1. The third-order valence-corrected chi connectivity index (χ3v) is 3.06. The summed E-state index contributed by atoms with van der Waals surface area (Å²) in [5, 5.41) is 6.12. The minimum absolute atomic E-state index is 0.0420. The average Bonchev–Trinajstić information content (AvgIpc) is 2.41. The van der Waals surface area contributed by atoms with Crippen molar-refractivity contribution in [3.63, 3.8) is 0 Å². The fraction of sp³-hybridized carbons (Fsp3) is 0.571. The van der Waals surface area contributed by atoms with Crippen LogP contribution in [0.25, 0.3) is 0 Å². The number of rotatable bonds is 4. The Bertz CT molecular complexity index is 411. The zero-order valence-electron chi connectivity index (χ0n) is 11.5. The molecule has 104 valence electrons. The predicted octanol–water partition coefficient (Wildman–Crippen LogP) is 2.27. The third kappa shape index (κ3) is 4.21. The van der Waals surface area contributed by atoms with Gasteiger partial charge in [-0.2, -0.15) is 0 Å². The molecule has 0 aromatic carbocycles. The Balaban J connectivity index is 1.89. The topological polar surface area (TPSA) is 63.2 Å². The van der Waals surface area contributed by atoms with E-state index < -0.39 is 0 Å². The van der Waals surface area contributed by atoms with Gasteiger partial charge in [0.15, 0.2) is 0 Å². The van der Waals surface area contributed by atoms with Gasteiger partial charge in [-0.1, -0.05) is 0 Å². The van der Waals surface area contributed by atoms with Crippen molar-refractivity contribution in [2.24, 2.45) is 5.92 Å². The Morgan fingerprint density at radius 2 is 2.11 bits per heavy atom.